The number of aromatic nitrogens is 1. The molecule has 0 atom stereocenters. The van der Waals surface area contributed by atoms with E-state index in [2.05, 4.69) is 10.3 Å². The first-order valence-electron chi connectivity index (χ1n) is 3.63. The second-order valence-electron chi connectivity index (χ2n) is 2.56. The third-order valence-electron chi connectivity index (χ3n) is 1.84. The molecule has 1 aromatic heterocycles. The Hall–Kier alpha value is -1.05. The van der Waals surface area contributed by atoms with Crippen molar-refractivity contribution in [3.8, 4) is 0 Å². The van der Waals surface area contributed by atoms with E-state index in [1.165, 1.54) is 24.1 Å². The van der Waals surface area contributed by atoms with Crippen LogP contribution in [0.3, 0.4) is 0 Å². The Labute approximate surface area is 60.3 Å². The second kappa shape index (κ2) is 2.29. The van der Waals surface area contributed by atoms with Crippen molar-refractivity contribution in [2.45, 2.75) is 12.8 Å². The Morgan fingerprint density at radius 1 is 1.50 bits per heavy atom. The molecule has 0 unspecified atom stereocenters. The predicted molar refractivity (Wildman–Crippen MR) is 41.0 cm³/mol. The smallest absolute Gasteiger partial charge is 0.0403 e. The van der Waals surface area contributed by atoms with Gasteiger partial charge in [-0.15, -0.1) is 0 Å². The van der Waals surface area contributed by atoms with Gasteiger partial charge in [-0.3, -0.25) is 4.98 Å². The summed E-state index contributed by atoms with van der Waals surface area (Å²) in [6.07, 6.45) is 6.19. The third kappa shape index (κ3) is 0.856. The second-order valence-corrected chi connectivity index (χ2v) is 2.56. The summed E-state index contributed by atoms with van der Waals surface area (Å²) in [5, 5.41) is 3.32. The highest BCUT2D eigenvalue weighted by Crippen LogP contribution is 2.18. The molecule has 52 valence electrons. The van der Waals surface area contributed by atoms with Gasteiger partial charge in [0.2, 0.25) is 0 Å². The van der Waals surface area contributed by atoms with E-state index in [1.807, 2.05) is 18.5 Å². The zero-order valence-electron chi connectivity index (χ0n) is 5.80. The molecule has 2 heteroatoms. The summed E-state index contributed by atoms with van der Waals surface area (Å²) in [6, 6.07) is 2.04. The van der Waals surface area contributed by atoms with Gasteiger partial charge in [-0.1, -0.05) is 0 Å². The van der Waals surface area contributed by atoms with Gasteiger partial charge in [-0.2, -0.15) is 0 Å². The van der Waals surface area contributed by atoms with Crippen LogP contribution in [0.25, 0.3) is 0 Å². The molecule has 0 fully saturated rings. The van der Waals surface area contributed by atoms with Crippen molar-refractivity contribution in [3.05, 3.63) is 24.0 Å². The van der Waals surface area contributed by atoms with Gasteiger partial charge in [0.05, 0.1) is 0 Å². The first-order chi connectivity index (χ1) is 4.97. The summed E-state index contributed by atoms with van der Waals surface area (Å²) in [7, 11) is 0. The van der Waals surface area contributed by atoms with Crippen molar-refractivity contribution in [3.63, 3.8) is 0 Å². The molecule has 1 aliphatic rings. The molecule has 0 spiro atoms. The Bertz CT molecular complexity index is 207. The van der Waals surface area contributed by atoms with Crippen LogP contribution < -0.4 is 5.32 Å². The van der Waals surface area contributed by atoms with Crippen LogP contribution in [-0.4, -0.2) is 11.5 Å². The molecule has 0 aliphatic carbocycles. The van der Waals surface area contributed by atoms with Crippen LogP contribution in [0.5, 0.6) is 0 Å². The number of anilines is 1. The lowest BCUT2D eigenvalue weighted by molar-refractivity contribution is 0.824. The maximum atomic E-state index is 4.06. The molecule has 2 nitrogen and oxygen atoms in total. The molecule has 1 aromatic rings. The van der Waals surface area contributed by atoms with Crippen molar-refractivity contribution >= 4 is 5.69 Å². The molecule has 10 heavy (non-hydrogen) atoms. The Kier molecular flexibility index (Phi) is 1.31. The fourth-order valence-electron chi connectivity index (χ4n) is 1.30. The zero-order chi connectivity index (χ0) is 6.81. The van der Waals surface area contributed by atoms with E-state index in [1.54, 1.807) is 0 Å². The van der Waals surface area contributed by atoms with Gasteiger partial charge in [0.1, 0.15) is 0 Å². The first kappa shape index (κ1) is 5.71. The molecule has 0 amide bonds. The number of nitrogens with zero attached hydrogens (tertiary/aromatic N) is 1. The average molecular weight is 134 g/mol. The predicted octanol–water partition coefficient (Wildman–Crippen LogP) is 1.44. The summed E-state index contributed by atoms with van der Waals surface area (Å²) in [5.41, 5.74) is 2.62. The summed E-state index contributed by atoms with van der Waals surface area (Å²) >= 11 is 0. The monoisotopic (exact) mass is 134 g/mol. The highest BCUT2D eigenvalue weighted by Gasteiger charge is 2.05. The van der Waals surface area contributed by atoms with Crippen LogP contribution in [0.1, 0.15) is 12.0 Å². The van der Waals surface area contributed by atoms with Crippen LogP contribution in [0.4, 0.5) is 5.69 Å². The molecule has 2 rings (SSSR count). The molecule has 1 N–H and O–H groups in total. The first-order valence-corrected chi connectivity index (χ1v) is 3.63. The number of aryl methyl sites for hydroxylation is 1. The minimum absolute atomic E-state index is 1.11. The Morgan fingerprint density at radius 2 is 2.50 bits per heavy atom. The number of rotatable bonds is 0. The Balaban J connectivity index is 2.41. The van der Waals surface area contributed by atoms with Crippen molar-refractivity contribution in [1.82, 2.24) is 4.98 Å². The maximum absolute atomic E-state index is 4.06. The quantitative estimate of drug-likeness (QED) is 0.580. The highest BCUT2D eigenvalue weighted by atomic mass is 14.9. The van der Waals surface area contributed by atoms with Gasteiger partial charge in [0, 0.05) is 24.6 Å². The number of fused-ring (bicyclic) bond motifs is 1. The van der Waals surface area contributed by atoms with Gasteiger partial charge in [-0.25, -0.2) is 0 Å². The lowest BCUT2D eigenvalue weighted by atomic mass is 10.1. The molecule has 0 radical (unpaired) electrons. The minimum atomic E-state index is 1.11. The van der Waals surface area contributed by atoms with E-state index in [0.717, 1.165) is 6.54 Å². The molecule has 0 bridgehead atoms. The molecule has 0 saturated heterocycles. The standard InChI is InChI=1S/C8H10N2/c1-2-7-6-9-5-3-8(7)10-4-1/h3,5-6,10H,1-2,4H2. The molecule has 1 aliphatic heterocycles. The van der Waals surface area contributed by atoms with Crippen LogP contribution >= 0.6 is 0 Å². The topological polar surface area (TPSA) is 24.9 Å². The van der Waals surface area contributed by atoms with E-state index in [-0.39, 0.29) is 0 Å². The fourth-order valence-corrected chi connectivity index (χ4v) is 1.30. The highest BCUT2D eigenvalue weighted by molar-refractivity contribution is 5.50. The fraction of sp³-hybridized carbons (Fsp3) is 0.375. The molecule has 2 heterocycles. The molecular formula is C8H10N2. The molecule has 0 aromatic carbocycles. The molecule has 0 saturated carbocycles. The van der Waals surface area contributed by atoms with E-state index in [9.17, 15) is 0 Å². The van der Waals surface area contributed by atoms with Gasteiger partial charge in [-0.05, 0) is 24.5 Å². The number of pyridine rings is 1. The van der Waals surface area contributed by atoms with Gasteiger partial charge in [0.25, 0.3) is 0 Å². The number of nitrogens with one attached hydrogen (secondary N) is 1. The number of hydrogen-bond acceptors (Lipinski definition) is 2. The van der Waals surface area contributed by atoms with Gasteiger partial charge >= 0.3 is 0 Å². The van der Waals surface area contributed by atoms with Crippen molar-refractivity contribution in [2.75, 3.05) is 11.9 Å². The summed E-state index contributed by atoms with van der Waals surface area (Å²) in [5.74, 6) is 0. The lowest BCUT2D eigenvalue weighted by Gasteiger charge is -2.16. The van der Waals surface area contributed by atoms with E-state index >= 15 is 0 Å². The van der Waals surface area contributed by atoms with Gasteiger partial charge < -0.3 is 5.32 Å². The SMILES string of the molecule is c1cc2c(cn1)CCCN2. The largest absolute Gasteiger partial charge is 0.385 e. The lowest BCUT2D eigenvalue weighted by Crippen LogP contribution is -2.11. The van der Waals surface area contributed by atoms with Crippen LogP contribution in [0.2, 0.25) is 0 Å². The van der Waals surface area contributed by atoms with Crippen LogP contribution in [-0.2, 0) is 6.42 Å². The van der Waals surface area contributed by atoms with Crippen LogP contribution in [0, 0.1) is 0 Å². The van der Waals surface area contributed by atoms with Crippen molar-refractivity contribution in [1.29, 1.82) is 0 Å². The number of hydrogen-bond donors (Lipinski definition) is 1. The summed E-state index contributed by atoms with van der Waals surface area (Å²) in [6.45, 7) is 1.11. The van der Waals surface area contributed by atoms with E-state index in [4.69, 9.17) is 0 Å². The minimum Gasteiger partial charge on any atom is -0.385 e. The van der Waals surface area contributed by atoms with Crippen LogP contribution in [0.15, 0.2) is 18.5 Å². The normalized spacial score (nSPS) is 15.6. The maximum Gasteiger partial charge on any atom is 0.0403 e. The van der Waals surface area contributed by atoms with Crippen molar-refractivity contribution in [2.24, 2.45) is 0 Å². The average Bonchev–Trinajstić information content (AvgIpc) is 2.05. The third-order valence-corrected chi connectivity index (χ3v) is 1.84. The Morgan fingerprint density at radius 3 is 3.40 bits per heavy atom. The van der Waals surface area contributed by atoms with E-state index < -0.39 is 0 Å². The van der Waals surface area contributed by atoms with Gasteiger partial charge in [0.15, 0.2) is 0 Å². The zero-order valence-corrected chi connectivity index (χ0v) is 5.80. The van der Waals surface area contributed by atoms with E-state index in [0.29, 0.717) is 0 Å². The molecular weight excluding hydrogens is 124 g/mol. The summed E-state index contributed by atoms with van der Waals surface area (Å²) < 4.78 is 0. The summed E-state index contributed by atoms with van der Waals surface area (Å²) in [4.78, 5) is 4.06. The van der Waals surface area contributed by atoms with Crippen molar-refractivity contribution < 1.29 is 0 Å².